The third-order valence-electron chi connectivity index (χ3n) is 1.22. The third-order valence-corrected chi connectivity index (χ3v) is 1.22. The maximum atomic E-state index is 5.50. The molecule has 0 radical (unpaired) electrons. The van der Waals surface area contributed by atoms with E-state index in [-0.39, 0.29) is 0 Å². The minimum Gasteiger partial charge on any atom is -0.388 e. The number of benzene rings is 1. The van der Waals surface area contributed by atoms with Crippen LogP contribution in [0.5, 0.6) is 0 Å². The van der Waals surface area contributed by atoms with E-state index in [4.69, 9.17) is 11.1 Å². The molecule has 0 atom stereocenters. The van der Waals surface area contributed by atoms with E-state index < -0.39 is 0 Å². The number of fused-ring (bicyclic) bond motifs is 1. The Bertz CT molecular complexity index is 229. The standard InChI is InChI=1S/C6H4.C2H6O.H2N3/c1-2-6-4-3-5(1)6;2*1-3-2/h1-4H;1-2H3;1-2H/q;;+1. The van der Waals surface area contributed by atoms with Gasteiger partial charge in [0.25, 0.3) is 0 Å². The predicted molar refractivity (Wildman–Crippen MR) is 45.9 cm³/mol. The van der Waals surface area contributed by atoms with Gasteiger partial charge in [0, 0.05) is 14.2 Å². The zero-order valence-electron chi connectivity index (χ0n) is 7.16. The lowest BCUT2D eigenvalue weighted by Crippen LogP contribution is -1.85. The summed E-state index contributed by atoms with van der Waals surface area (Å²) in [5, 5.41) is 0. The van der Waals surface area contributed by atoms with Gasteiger partial charge in [-0.1, -0.05) is 24.3 Å². The maximum Gasteiger partial charge on any atom is 0.211 e. The molecular weight excluding hydrogens is 154 g/mol. The average Bonchev–Trinajstić information content (AvgIpc) is 2.00. The molecule has 4 heteroatoms. The summed E-state index contributed by atoms with van der Waals surface area (Å²) in [6, 6.07) is 8.48. The summed E-state index contributed by atoms with van der Waals surface area (Å²) >= 11 is 0. The molecule has 0 saturated carbocycles. The first-order chi connectivity index (χ1) is 5.79. The van der Waals surface area contributed by atoms with Crippen LogP contribution in [-0.4, -0.2) is 14.2 Å². The van der Waals surface area contributed by atoms with Gasteiger partial charge in [0.2, 0.25) is 4.91 Å². The Morgan fingerprint density at radius 2 is 1.17 bits per heavy atom. The van der Waals surface area contributed by atoms with Gasteiger partial charge in [-0.05, 0) is 11.1 Å². The molecule has 0 fully saturated rings. The van der Waals surface area contributed by atoms with Gasteiger partial charge in [-0.2, -0.15) is 0 Å². The van der Waals surface area contributed by atoms with E-state index in [0.717, 1.165) is 0 Å². The van der Waals surface area contributed by atoms with Crippen molar-refractivity contribution in [3.05, 3.63) is 24.3 Å². The van der Waals surface area contributed by atoms with Crippen LogP contribution in [0.3, 0.4) is 0 Å². The maximum absolute atomic E-state index is 5.50. The molecule has 0 aromatic carbocycles. The van der Waals surface area contributed by atoms with Crippen LogP contribution >= 0.6 is 0 Å². The van der Waals surface area contributed by atoms with Crippen molar-refractivity contribution in [2.75, 3.05) is 14.2 Å². The summed E-state index contributed by atoms with van der Waals surface area (Å²) in [4.78, 5) is 2.00. The number of hydrogen-bond acceptors (Lipinski definition) is 3. The highest BCUT2D eigenvalue weighted by Gasteiger charge is 2.03. The summed E-state index contributed by atoms with van der Waals surface area (Å²) in [7, 11) is 3.25. The highest BCUT2D eigenvalue weighted by atomic mass is 16.4. The molecule has 0 aromatic rings. The molecule has 0 spiro atoms. The van der Waals surface area contributed by atoms with Crippen LogP contribution < -0.4 is 4.91 Å². The highest BCUT2D eigenvalue weighted by molar-refractivity contribution is 5.75. The molecular formula is C8H12N3O+. The van der Waals surface area contributed by atoms with Gasteiger partial charge in [0.15, 0.2) is 0 Å². The topological polar surface area (TPSA) is 71.0 Å². The second kappa shape index (κ2) is 6.22. The van der Waals surface area contributed by atoms with Crippen molar-refractivity contribution in [3.8, 4) is 11.1 Å². The molecule has 64 valence electrons. The molecule has 2 N–H and O–H groups in total. The van der Waals surface area contributed by atoms with Crippen molar-refractivity contribution < 1.29 is 4.74 Å². The van der Waals surface area contributed by atoms with Crippen molar-refractivity contribution in [1.82, 2.24) is 4.91 Å². The molecule has 12 heavy (non-hydrogen) atoms. The summed E-state index contributed by atoms with van der Waals surface area (Å²) < 4.78 is 4.25. The van der Waals surface area contributed by atoms with E-state index in [1.807, 2.05) is 4.91 Å². The van der Waals surface area contributed by atoms with Gasteiger partial charge in [-0.25, -0.2) is 0 Å². The Hall–Kier alpha value is -1.51. The second-order valence-electron chi connectivity index (χ2n) is 2.10. The van der Waals surface area contributed by atoms with Crippen LogP contribution in [0, 0.1) is 11.1 Å². The highest BCUT2D eigenvalue weighted by Crippen LogP contribution is 2.29. The Morgan fingerprint density at radius 3 is 1.17 bits per heavy atom. The van der Waals surface area contributed by atoms with Crippen LogP contribution in [-0.2, 0) is 4.74 Å². The average molecular weight is 166 g/mol. The summed E-state index contributed by atoms with van der Waals surface area (Å²) in [5.74, 6) is 0. The van der Waals surface area contributed by atoms with Gasteiger partial charge >= 0.3 is 0 Å². The monoisotopic (exact) mass is 166 g/mol. The van der Waals surface area contributed by atoms with Crippen molar-refractivity contribution >= 4 is 0 Å². The van der Waals surface area contributed by atoms with Crippen LogP contribution in [0.2, 0.25) is 0 Å². The van der Waals surface area contributed by atoms with Gasteiger partial charge < -0.3 is 4.74 Å². The quantitative estimate of drug-likeness (QED) is 0.456. The molecule has 0 unspecified atom stereocenters. The molecule has 2 rings (SSSR count). The number of ether oxygens (including phenoxy) is 1. The van der Waals surface area contributed by atoms with Crippen LogP contribution in [0.1, 0.15) is 0 Å². The molecule has 4 nitrogen and oxygen atoms in total. The van der Waals surface area contributed by atoms with E-state index in [0.29, 0.717) is 0 Å². The predicted octanol–water partition coefficient (Wildman–Crippen LogP) is 2.05. The fourth-order valence-electron chi connectivity index (χ4n) is 0.663. The SMILES string of the molecule is COC.N=[N+]=N.c1cc2ccc1-2. The minimum atomic E-state index is 1.43. The number of methoxy groups -OCH3 is 1. The number of hydrogen-bond donors (Lipinski definition) is 2. The van der Waals surface area contributed by atoms with Crippen molar-refractivity contribution in [2.24, 2.45) is 0 Å². The lowest BCUT2D eigenvalue weighted by molar-refractivity contribution is 0.277. The number of nitrogens with zero attached hydrogens (tertiary/aromatic N) is 1. The first kappa shape index (κ1) is 10.5. The minimum absolute atomic E-state index is 1.43. The van der Waals surface area contributed by atoms with E-state index in [2.05, 4.69) is 29.0 Å². The summed E-state index contributed by atoms with van der Waals surface area (Å²) in [6.45, 7) is 0. The van der Waals surface area contributed by atoms with Crippen LogP contribution in [0.25, 0.3) is 11.1 Å². The molecule has 0 bridgehead atoms. The lowest BCUT2D eigenvalue weighted by atomic mass is 9.95. The summed E-state index contributed by atoms with van der Waals surface area (Å²) in [5.41, 5.74) is 13.9. The Morgan fingerprint density at radius 1 is 1.00 bits per heavy atom. The van der Waals surface area contributed by atoms with Crippen molar-refractivity contribution in [2.45, 2.75) is 0 Å². The van der Waals surface area contributed by atoms with Gasteiger partial charge in [-0.15, -0.1) is 0 Å². The Kier molecular flexibility index (Phi) is 5.43. The van der Waals surface area contributed by atoms with Gasteiger partial charge in [0.1, 0.15) is 11.1 Å². The van der Waals surface area contributed by atoms with Crippen LogP contribution in [0.4, 0.5) is 0 Å². The molecule has 2 aliphatic rings. The van der Waals surface area contributed by atoms with E-state index in [1.165, 1.54) is 11.1 Å². The summed E-state index contributed by atoms with van der Waals surface area (Å²) in [6.07, 6.45) is 0. The fourth-order valence-corrected chi connectivity index (χ4v) is 0.663. The van der Waals surface area contributed by atoms with E-state index in [9.17, 15) is 0 Å². The van der Waals surface area contributed by atoms with E-state index in [1.54, 1.807) is 14.2 Å². The first-order valence-electron chi connectivity index (χ1n) is 3.34. The van der Waals surface area contributed by atoms with Crippen molar-refractivity contribution in [3.63, 3.8) is 0 Å². The number of rotatable bonds is 0. The third kappa shape index (κ3) is 3.05. The molecule has 0 aliphatic heterocycles. The zero-order chi connectivity index (χ0) is 9.40. The molecule has 0 amide bonds. The second-order valence-corrected chi connectivity index (χ2v) is 2.10. The zero-order valence-corrected chi connectivity index (χ0v) is 7.16. The molecule has 0 heterocycles. The van der Waals surface area contributed by atoms with E-state index >= 15 is 0 Å². The van der Waals surface area contributed by atoms with Gasteiger partial charge in [0.05, 0.1) is 0 Å². The fraction of sp³-hybridized carbons (Fsp3) is 0.250. The Balaban J connectivity index is 0.000000177. The smallest absolute Gasteiger partial charge is 0.211 e. The van der Waals surface area contributed by atoms with Gasteiger partial charge in [-0.3, -0.25) is 0 Å². The largest absolute Gasteiger partial charge is 0.388 e. The normalized spacial score (nSPS) is 7.83. The van der Waals surface area contributed by atoms with Crippen LogP contribution in [0.15, 0.2) is 24.3 Å². The van der Waals surface area contributed by atoms with Crippen molar-refractivity contribution in [1.29, 1.82) is 11.1 Å². The first-order valence-corrected chi connectivity index (χ1v) is 3.34. The molecule has 0 saturated heterocycles. The molecule has 2 aliphatic carbocycles. The molecule has 0 aromatic heterocycles. The number of nitrogens with one attached hydrogen (secondary N) is 2. The lowest BCUT2D eigenvalue weighted by Gasteiger charge is -2.10. The Labute approximate surface area is 71.2 Å².